The Morgan fingerprint density at radius 2 is 2.11 bits per heavy atom. The zero-order valence-corrected chi connectivity index (χ0v) is 11.4. The molecule has 1 unspecified atom stereocenters. The van der Waals surface area contributed by atoms with Gasteiger partial charge >= 0.3 is 12.0 Å². The molecule has 0 radical (unpaired) electrons. The minimum Gasteiger partial charge on any atom is -0.481 e. The van der Waals surface area contributed by atoms with E-state index in [1.165, 1.54) is 0 Å². The summed E-state index contributed by atoms with van der Waals surface area (Å²) < 4.78 is 0. The third-order valence-electron chi connectivity index (χ3n) is 3.47. The highest BCUT2D eigenvalue weighted by Crippen LogP contribution is 2.22. The lowest BCUT2D eigenvalue weighted by Gasteiger charge is -2.26. The van der Waals surface area contributed by atoms with Crippen LogP contribution in [0.15, 0.2) is 0 Å². The number of carbonyl (C=O) groups excluding carboxylic acids is 1. The molecule has 1 aliphatic rings. The maximum Gasteiger partial charge on any atom is 0.319 e. The van der Waals surface area contributed by atoms with E-state index in [4.69, 9.17) is 5.11 Å². The van der Waals surface area contributed by atoms with Gasteiger partial charge in [0.2, 0.25) is 0 Å². The third-order valence-corrected chi connectivity index (χ3v) is 3.47. The van der Waals surface area contributed by atoms with Crippen LogP contribution in [0.5, 0.6) is 0 Å². The Hall–Kier alpha value is -1.26. The predicted octanol–water partition coefficient (Wildman–Crippen LogP) is 2.03. The Morgan fingerprint density at radius 1 is 1.39 bits per heavy atom. The van der Waals surface area contributed by atoms with Gasteiger partial charge in [0.05, 0.1) is 0 Å². The fraction of sp³-hybridized carbons (Fsp3) is 0.846. The highest BCUT2D eigenvalue weighted by molar-refractivity contribution is 5.74. The van der Waals surface area contributed by atoms with Crippen LogP contribution in [0, 0.1) is 5.92 Å². The zero-order chi connectivity index (χ0) is 13.5. The highest BCUT2D eigenvalue weighted by Gasteiger charge is 2.28. The van der Waals surface area contributed by atoms with Crippen molar-refractivity contribution < 1.29 is 14.7 Å². The Labute approximate surface area is 109 Å². The highest BCUT2D eigenvalue weighted by atomic mass is 16.4. The molecule has 1 fully saturated rings. The molecule has 1 atom stereocenters. The first-order valence-electron chi connectivity index (χ1n) is 6.84. The van der Waals surface area contributed by atoms with Crippen LogP contribution in [-0.2, 0) is 4.79 Å². The molecule has 1 heterocycles. The number of rotatable bonds is 6. The molecule has 18 heavy (non-hydrogen) atoms. The van der Waals surface area contributed by atoms with Crippen molar-refractivity contribution >= 4 is 12.0 Å². The van der Waals surface area contributed by atoms with Crippen LogP contribution >= 0.6 is 0 Å². The number of carbonyl (C=O) groups is 2. The lowest BCUT2D eigenvalue weighted by atomic mass is 10.0. The second kappa shape index (κ2) is 7.24. The number of nitrogens with zero attached hydrogens (tertiary/aromatic N) is 2. The van der Waals surface area contributed by atoms with Crippen LogP contribution in [0.3, 0.4) is 0 Å². The van der Waals surface area contributed by atoms with Gasteiger partial charge in [-0.05, 0) is 32.1 Å². The average Bonchev–Trinajstić information content (AvgIpc) is 2.81. The van der Waals surface area contributed by atoms with Crippen molar-refractivity contribution in [2.75, 3.05) is 26.2 Å². The van der Waals surface area contributed by atoms with Gasteiger partial charge in [-0.1, -0.05) is 6.92 Å². The SMILES string of the molecule is CCCN(CC)C(=O)N1CCC(CCC(=O)O)C1. The van der Waals surface area contributed by atoms with E-state index in [1.54, 1.807) is 0 Å². The van der Waals surface area contributed by atoms with Gasteiger partial charge in [0.1, 0.15) is 0 Å². The topological polar surface area (TPSA) is 60.9 Å². The summed E-state index contributed by atoms with van der Waals surface area (Å²) in [6, 6.07) is 0.108. The maximum absolute atomic E-state index is 12.2. The standard InChI is InChI=1S/C13H24N2O3/c1-3-8-14(4-2)13(18)15-9-7-11(10-15)5-6-12(16)17/h11H,3-10H2,1-2H3,(H,16,17). The molecule has 1 saturated heterocycles. The lowest BCUT2D eigenvalue weighted by Crippen LogP contribution is -2.42. The minimum absolute atomic E-state index is 0.108. The van der Waals surface area contributed by atoms with E-state index >= 15 is 0 Å². The Bertz CT molecular complexity index is 294. The van der Waals surface area contributed by atoms with Gasteiger partial charge in [0.25, 0.3) is 0 Å². The summed E-state index contributed by atoms with van der Waals surface area (Å²) >= 11 is 0. The van der Waals surface area contributed by atoms with Crippen LogP contribution in [0.2, 0.25) is 0 Å². The van der Waals surface area contributed by atoms with Gasteiger partial charge in [-0.25, -0.2) is 4.79 Å². The van der Waals surface area contributed by atoms with Crippen LogP contribution in [0.4, 0.5) is 4.79 Å². The van der Waals surface area contributed by atoms with Gasteiger partial charge in [-0.2, -0.15) is 0 Å². The second-order valence-electron chi connectivity index (χ2n) is 4.90. The maximum atomic E-state index is 12.2. The molecule has 0 bridgehead atoms. The number of carboxylic acids is 1. The number of hydrogen-bond donors (Lipinski definition) is 1. The molecule has 2 amide bonds. The number of likely N-dealkylation sites (tertiary alicyclic amines) is 1. The fourth-order valence-electron chi connectivity index (χ4n) is 2.43. The Balaban J connectivity index is 2.40. The summed E-state index contributed by atoms with van der Waals surface area (Å²) in [5.74, 6) is -0.397. The van der Waals surface area contributed by atoms with Crippen molar-refractivity contribution in [2.45, 2.75) is 39.5 Å². The summed E-state index contributed by atoms with van der Waals surface area (Å²) in [4.78, 5) is 26.4. The van der Waals surface area contributed by atoms with Gasteiger partial charge in [-0.3, -0.25) is 4.79 Å². The van der Waals surface area contributed by atoms with E-state index in [0.29, 0.717) is 18.9 Å². The largest absolute Gasteiger partial charge is 0.481 e. The van der Waals surface area contributed by atoms with E-state index in [2.05, 4.69) is 6.92 Å². The van der Waals surface area contributed by atoms with Crippen molar-refractivity contribution in [3.05, 3.63) is 0 Å². The molecular weight excluding hydrogens is 232 g/mol. The van der Waals surface area contributed by atoms with Crippen LogP contribution in [0.1, 0.15) is 39.5 Å². The summed E-state index contributed by atoms with van der Waals surface area (Å²) in [6.07, 6.45) is 2.79. The molecule has 0 aromatic heterocycles. The number of amides is 2. The molecule has 0 aromatic rings. The van der Waals surface area contributed by atoms with Crippen LogP contribution in [-0.4, -0.2) is 53.1 Å². The predicted molar refractivity (Wildman–Crippen MR) is 69.5 cm³/mol. The number of hydrogen-bond acceptors (Lipinski definition) is 2. The molecule has 5 nitrogen and oxygen atoms in total. The van der Waals surface area contributed by atoms with Crippen molar-refractivity contribution in [2.24, 2.45) is 5.92 Å². The number of aliphatic carboxylic acids is 1. The van der Waals surface area contributed by atoms with Crippen molar-refractivity contribution in [3.8, 4) is 0 Å². The fourth-order valence-corrected chi connectivity index (χ4v) is 2.43. The Morgan fingerprint density at radius 3 is 2.67 bits per heavy atom. The molecule has 1 aliphatic heterocycles. The van der Waals surface area contributed by atoms with Crippen molar-refractivity contribution in [3.63, 3.8) is 0 Å². The average molecular weight is 256 g/mol. The lowest BCUT2D eigenvalue weighted by molar-refractivity contribution is -0.137. The molecule has 0 aliphatic carbocycles. The van der Waals surface area contributed by atoms with E-state index in [-0.39, 0.29) is 12.5 Å². The summed E-state index contributed by atoms with van der Waals surface area (Å²) in [7, 11) is 0. The number of carboxylic acid groups (broad SMARTS) is 1. The monoisotopic (exact) mass is 256 g/mol. The first kappa shape index (κ1) is 14.8. The molecule has 5 heteroatoms. The second-order valence-corrected chi connectivity index (χ2v) is 4.90. The normalized spacial score (nSPS) is 19.0. The van der Waals surface area contributed by atoms with E-state index in [9.17, 15) is 9.59 Å². The minimum atomic E-state index is -0.749. The Kier molecular flexibility index (Phi) is 5.95. The van der Waals surface area contributed by atoms with E-state index in [1.807, 2.05) is 16.7 Å². The van der Waals surface area contributed by atoms with E-state index < -0.39 is 5.97 Å². The summed E-state index contributed by atoms with van der Waals surface area (Å²) in [5.41, 5.74) is 0. The van der Waals surface area contributed by atoms with Gasteiger partial charge < -0.3 is 14.9 Å². The molecular formula is C13H24N2O3. The first-order chi connectivity index (χ1) is 8.58. The van der Waals surface area contributed by atoms with Gasteiger partial charge in [0, 0.05) is 32.6 Å². The number of urea groups is 1. The molecule has 1 N–H and O–H groups in total. The van der Waals surface area contributed by atoms with E-state index in [0.717, 1.165) is 32.5 Å². The molecule has 1 rings (SSSR count). The summed E-state index contributed by atoms with van der Waals surface area (Å²) in [5, 5.41) is 8.66. The van der Waals surface area contributed by atoms with Crippen LogP contribution in [0.25, 0.3) is 0 Å². The first-order valence-corrected chi connectivity index (χ1v) is 6.84. The third kappa shape index (κ3) is 4.20. The van der Waals surface area contributed by atoms with Crippen molar-refractivity contribution in [1.82, 2.24) is 9.80 Å². The quantitative estimate of drug-likeness (QED) is 0.791. The van der Waals surface area contributed by atoms with Gasteiger partial charge in [-0.15, -0.1) is 0 Å². The zero-order valence-electron chi connectivity index (χ0n) is 11.4. The molecule has 0 saturated carbocycles. The summed E-state index contributed by atoms with van der Waals surface area (Å²) in [6.45, 7) is 7.07. The smallest absolute Gasteiger partial charge is 0.319 e. The van der Waals surface area contributed by atoms with Gasteiger partial charge in [0.15, 0.2) is 0 Å². The molecule has 104 valence electrons. The molecule has 0 aromatic carbocycles. The molecule has 0 spiro atoms. The van der Waals surface area contributed by atoms with Crippen molar-refractivity contribution in [1.29, 1.82) is 0 Å². The van der Waals surface area contributed by atoms with Crippen LogP contribution < -0.4 is 0 Å².